The average molecular weight is 360 g/mol. The van der Waals surface area contributed by atoms with E-state index >= 15 is 0 Å². The first-order valence-electron chi connectivity index (χ1n) is 4.99. The molecule has 0 atom stereocenters. The van der Waals surface area contributed by atoms with Crippen LogP contribution in [0.15, 0.2) is 27.6 Å². The van der Waals surface area contributed by atoms with E-state index in [9.17, 15) is 8.42 Å². The van der Waals surface area contributed by atoms with Crippen molar-refractivity contribution in [2.75, 3.05) is 27.2 Å². The van der Waals surface area contributed by atoms with Gasteiger partial charge in [0.25, 0.3) is 0 Å². The number of methoxy groups -OCH3 is 1. The van der Waals surface area contributed by atoms with Crippen molar-refractivity contribution < 1.29 is 13.2 Å². The maximum absolute atomic E-state index is 11.9. The Balaban J connectivity index is 0.00000289. The molecule has 18 heavy (non-hydrogen) atoms. The lowest BCUT2D eigenvalue weighted by molar-refractivity contribution is 0.410. The fourth-order valence-electron chi connectivity index (χ4n) is 1.20. The number of rotatable bonds is 6. The normalized spacial score (nSPS) is 10.8. The number of likely N-dealkylation sites (N-methyl/N-ethyl adjacent to an activating group) is 1. The monoisotopic (exact) mass is 358 g/mol. The molecule has 0 heterocycles. The summed E-state index contributed by atoms with van der Waals surface area (Å²) in [5.74, 6) is 0.487. The number of benzene rings is 1. The van der Waals surface area contributed by atoms with E-state index in [0.717, 1.165) is 0 Å². The van der Waals surface area contributed by atoms with Gasteiger partial charge in [-0.1, -0.05) is 0 Å². The Morgan fingerprint density at radius 3 is 2.56 bits per heavy atom. The molecule has 0 unspecified atom stereocenters. The van der Waals surface area contributed by atoms with Gasteiger partial charge in [0.2, 0.25) is 10.0 Å². The molecule has 0 fully saturated rings. The zero-order valence-corrected chi connectivity index (χ0v) is 13.3. The van der Waals surface area contributed by atoms with Crippen molar-refractivity contribution in [2.45, 2.75) is 4.90 Å². The maximum atomic E-state index is 11.9. The number of nitrogens with one attached hydrogen (secondary N) is 2. The highest BCUT2D eigenvalue weighted by Gasteiger charge is 2.15. The molecule has 0 bridgehead atoms. The van der Waals surface area contributed by atoms with E-state index in [-0.39, 0.29) is 17.3 Å². The molecule has 2 N–H and O–H groups in total. The third kappa shape index (κ3) is 4.74. The lowest BCUT2D eigenvalue weighted by atomic mass is 10.3. The molecule has 8 heteroatoms. The minimum atomic E-state index is -3.47. The van der Waals surface area contributed by atoms with E-state index in [4.69, 9.17) is 4.74 Å². The zero-order valence-electron chi connectivity index (χ0n) is 10.1. The summed E-state index contributed by atoms with van der Waals surface area (Å²) in [5, 5.41) is 2.86. The number of sulfonamides is 1. The van der Waals surface area contributed by atoms with Gasteiger partial charge in [0.05, 0.1) is 16.5 Å². The van der Waals surface area contributed by atoms with E-state index in [2.05, 4.69) is 26.0 Å². The molecule has 0 aromatic heterocycles. The molecule has 5 nitrogen and oxygen atoms in total. The van der Waals surface area contributed by atoms with Gasteiger partial charge in [0.1, 0.15) is 5.75 Å². The Hall–Kier alpha value is -0.340. The van der Waals surface area contributed by atoms with E-state index in [1.165, 1.54) is 19.2 Å². The molecule has 0 radical (unpaired) electrons. The number of hydrogen-bond acceptors (Lipinski definition) is 4. The summed E-state index contributed by atoms with van der Waals surface area (Å²) in [5.41, 5.74) is 0. The van der Waals surface area contributed by atoms with Gasteiger partial charge in [-0.3, -0.25) is 0 Å². The SMILES string of the molecule is CNCCNS(=O)(=O)c1ccc(Br)c(OC)c1.Cl. The van der Waals surface area contributed by atoms with Gasteiger partial charge in [0.15, 0.2) is 0 Å². The fourth-order valence-corrected chi connectivity index (χ4v) is 2.66. The van der Waals surface area contributed by atoms with Crippen LogP contribution in [0.25, 0.3) is 0 Å². The fraction of sp³-hybridized carbons (Fsp3) is 0.400. The molecule has 1 rings (SSSR count). The predicted molar refractivity (Wildman–Crippen MR) is 77.1 cm³/mol. The summed E-state index contributed by atoms with van der Waals surface area (Å²) in [6.07, 6.45) is 0. The average Bonchev–Trinajstić information content (AvgIpc) is 2.29. The van der Waals surface area contributed by atoms with E-state index in [0.29, 0.717) is 23.3 Å². The quantitative estimate of drug-likeness (QED) is 0.753. The molecule has 1 aromatic rings. The molecular weight excluding hydrogens is 344 g/mol. The van der Waals surface area contributed by atoms with Crippen LogP contribution >= 0.6 is 28.3 Å². The van der Waals surface area contributed by atoms with E-state index in [1.807, 2.05) is 0 Å². The molecule has 1 aromatic carbocycles. The second-order valence-electron chi connectivity index (χ2n) is 3.30. The summed E-state index contributed by atoms with van der Waals surface area (Å²) in [4.78, 5) is 0.189. The Bertz CT molecular complexity index is 482. The molecule has 0 saturated heterocycles. The van der Waals surface area contributed by atoms with Crippen LogP contribution in [0.1, 0.15) is 0 Å². The highest BCUT2D eigenvalue weighted by molar-refractivity contribution is 9.10. The lowest BCUT2D eigenvalue weighted by Gasteiger charge is -2.09. The second-order valence-corrected chi connectivity index (χ2v) is 5.92. The predicted octanol–water partition coefficient (Wildman–Crippen LogP) is 1.38. The zero-order chi connectivity index (χ0) is 12.9. The first-order valence-corrected chi connectivity index (χ1v) is 7.26. The van der Waals surface area contributed by atoms with Crippen LogP contribution in [0.5, 0.6) is 5.75 Å². The standard InChI is InChI=1S/C10H15BrN2O3S.ClH/c1-12-5-6-13-17(14,15)8-3-4-9(11)10(7-8)16-2;/h3-4,7,12-13H,5-6H2,1-2H3;1H. The van der Waals surface area contributed by atoms with Gasteiger partial charge < -0.3 is 10.1 Å². The Labute approximate surface area is 122 Å². The van der Waals surface area contributed by atoms with Gasteiger partial charge in [-0.25, -0.2) is 13.1 Å². The number of hydrogen-bond donors (Lipinski definition) is 2. The third-order valence-electron chi connectivity index (χ3n) is 2.10. The number of halogens is 2. The van der Waals surface area contributed by atoms with Crippen molar-refractivity contribution in [1.82, 2.24) is 10.0 Å². The maximum Gasteiger partial charge on any atom is 0.240 e. The van der Waals surface area contributed by atoms with Crippen LogP contribution in [0.2, 0.25) is 0 Å². The minimum Gasteiger partial charge on any atom is -0.496 e. The van der Waals surface area contributed by atoms with Crippen molar-refractivity contribution >= 4 is 38.4 Å². The minimum absolute atomic E-state index is 0. The largest absolute Gasteiger partial charge is 0.496 e. The van der Waals surface area contributed by atoms with Gasteiger partial charge in [-0.2, -0.15) is 0 Å². The molecule has 0 aliphatic rings. The van der Waals surface area contributed by atoms with Gasteiger partial charge in [0, 0.05) is 19.2 Å². The highest BCUT2D eigenvalue weighted by atomic mass is 79.9. The van der Waals surface area contributed by atoms with Gasteiger partial charge in [-0.15, -0.1) is 12.4 Å². The Morgan fingerprint density at radius 2 is 2.00 bits per heavy atom. The number of ether oxygens (including phenoxy) is 1. The summed E-state index contributed by atoms with van der Waals surface area (Å²) in [6, 6.07) is 4.64. The van der Waals surface area contributed by atoms with Crippen molar-refractivity contribution in [3.05, 3.63) is 22.7 Å². The lowest BCUT2D eigenvalue weighted by Crippen LogP contribution is -2.30. The van der Waals surface area contributed by atoms with Crippen molar-refractivity contribution in [2.24, 2.45) is 0 Å². The van der Waals surface area contributed by atoms with Crippen LogP contribution in [0.3, 0.4) is 0 Å². The molecule has 0 amide bonds. The van der Waals surface area contributed by atoms with Crippen LogP contribution in [0.4, 0.5) is 0 Å². The molecule has 0 saturated carbocycles. The summed E-state index contributed by atoms with van der Waals surface area (Å²) in [7, 11) is -0.221. The highest BCUT2D eigenvalue weighted by Crippen LogP contribution is 2.27. The molecule has 0 aliphatic carbocycles. The van der Waals surface area contributed by atoms with Crippen LogP contribution < -0.4 is 14.8 Å². The van der Waals surface area contributed by atoms with Gasteiger partial charge in [-0.05, 0) is 35.1 Å². The van der Waals surface area contributed by atoms with Gasteiger partial charge >= 0.3 is 0 Å². The van der Waals surface area contributed by atoms with Crippen molar-refractivity contribution in [3.63, 3.8) is 0 Å². The van der Waals surface area contributed by atoms with E-state index in [1.54, 1.807) is 13.1 Å². The van der Waals surface area contributed by atoms with Crippen molar-refractivity contribution in [3.8, 4) is 5.75 Å². The first-order chi connectivity index (χ1) is 8.01. The van der Waals surface area contributed by atoms with E-state index < -0.39 is 10.0 Å². The summed E-state index contributed by atoms with van der Waals surface area (Å²) < 4.78 is 32.0. The second kappa shape index (κ2) is 7.96. The topological polar surface area (TPSA) is 67.4 Å². The summed E-state index contributed by atoms with van der Waals surface area (Å²) >= 11 is 3.27. The van der Waals surface area contributed by atoms with Crippen molar-refractivity contribution in [1.29, 1.82) is 0 Å². The summed E-state index contributed by atoms with van der Waals surface area (Å²) in [6.45, 7) is 0.921. The first kappa shape index (κ1) is 17.7. The third-order valence-corrected chi connectivity index (χ3v) is 4.21. The molecule has 0 aliphatic heterocycles. The van der Waals surface area contributed by atoms with Crippen LogP contribution in [-0.4, -0.2) is 35.7 Å². The Morgan fingerprint density at radius 1 is 1.33 bits per heavy atom. The van der Waals surface area contributed by atoms with Crippen LogP contribution in [-0.2, 0) is 10.0 Å². The van der Waals surface area contributed by atoms with Crippen LogP contribution in [0, 0.1) is 0 Å². The molecule has 0 spiro atoms. The molecular formula is C10H16BrClN2O3S. The molecule has 104 valence electrons. The smallest absolute Gasteiger partial charge is 0.240 e. The Kier molecular flexibility index (Phi) is 7.81.